The highest BCUT2D eigenvalue weighted by atomic mass is 35.5. The first-order chi connectivity index (χ1) is 19.1. The number of imidazole rings is 1. The van der Waals surface area contributed by atoms with Crippen molar-refractivity contribution in [1.29, 1.82) is 0 Å². The maximum atomic E-state index is 14.4. The van der Waals surface area contributed by atoms with E-state index in [4.69, 9.17) is 16.3 Å². The van der Waals surface area contributed by atoms with E-state index in [2.05, 4.69) is 15.3 Å². The predicted molar refractivity (Wildman–Crippen MR) is 139 cm³/mol. The van der Waals surface area contributed by atoms with E-state index < -0.39 is 29.2 Å². The van der Waals surface area contributed by atoms with Crippen LogP contribution in [-0.2, 0) is 12.7 Å². The Morgan fingerprint density at radius 3 is 2.58 bits per heavy atom. The van der Waals surface area contributed by atoms with Gasteiger partial charge in [-0.2, -0.15) is 13.2 Å². The molecule has 13 heteroatoms. The number of fused-ring (bicyclic) bond motifs is 1. The molecule has 3 heterocycles. The van der Waals surface area contributed by atoms with Gasteiger partial charge in [-0.25, -0.2) is 19.2 Å². The summed E-state index contributed by atoms with van der Waals surface area (Å²) in [6.45, 7) is 0.342. The average Bonchev–Trinajstić information content (AvgIpc) is 3.19. The molecule has 1 amide bonds. The molecule has 1 aromatic carbocycles. The lowest BCUT2D eigenvalue weighted by molar-refractivity contribution is -0.141. The van der Waals surface area contributed by atoms with Gasteiger partial charge in [0.1, 0.15) is 0 Å². The lowest BCUT2D eigenvalue weighted by atomic mass is 9.85. The van der Waals surface area contributed by atoms with Gasteiger partial charge in [0.2, 0.25) is 0 Å². The fourth-order valence-electron chi connectivity index (χ4n) is 5.14. The summed E-state index contributed by atoms with van der Waals surface area (Å²) in [5, 5.41) is 2.60. The van der Waals surface area contributed by atoms with Crippen LogP contribution in [0, 0.1) is 11.7 Å². The van der Waals surface area contributed by atoms with Crippen LogP contribution >= 0.6 is 11.6 Å². The number of hydrogen-bond donors (Lipinski definition) is 1. The second-order valence-electron chi connectivity index (χ2n) is 9.63. The summed E-state index contributed by atoms with van der Waals surface area (Å²) in [5.41, 5.74) is -0.978. The van der Waals surface area contributed by atoms with E-state index in [1.807, 2.05) is 0 Å². The van der Waals surface area contributed by atoms with Gasteiger partial charge in [-0.3, -0.25) is 13.9 Å². The molecule has 0 unspecified atom stereocenters. The predicted octanol–water partition coefficient (Wildman–Crippen LogP) is 5.39. The SMILES string of the molecule is COc1ccc(-n2c(=O)n(CC3CCC(NC(=O)c4cc(Cl)cnc4C(F)(F)F)CC3)c3ncccc32)cc1F. The van der Waals surface area contributed by atoms with Crippen LogP contribution in [0.25, 0.3) is 16.9 Å². The van der Waals surface area contributed by atoms with Gasteiger partial charge in [0.15, 0.2) is 22.9 Å². The number of pyridine rings is 2. The normalized spacial score (nSPS) is 17.6. The molecule has 40 heavy (non-hydrogen) atoms. The number of benzene rings is 1. The third-order valence-corrected chi connectivity index (χ3v) is 7.28. The minimum atomic E-state index is -4.80. The molecule has 0 saturated heterocycles. The Hall–Kier alpha value is -3.93. The van der Waals surface area contributed by atoms with Crippen LogP contribution in [0.4, 0.5) is 17.6 Å². The van der Waals surface area contributed by atoms with Gasteiger partial charge >= 0.3 is 11.9 Å². The Morgan fingerprint density at radius 2 is 1.90 bits per heavy atom. The highest BCUT2D eigenvalue weighted by Gasteiger charge is 2.38. The third kappa shape index (κ3) is 5.40. The second kappa shape index (κ2) is 10.9. The number of hydrogen-bond acceptors (Lipinski definition) is 5. The van der Waals surface area contributed by atoms with E-state index in [1.165, 1.54) is 23.8 Å². The summed E-state index contributed by atoms with van der Waals surface area (Å²) in [7, 11) is 1.36. The number of amides is 1. The van der Waals surface area contributed by atoms with Crippen LogP contribution in [0.3, 0.4) is 0 Å². The maximum Gasteiger partial charge on any atom is 0.434 e. The molecule has 210 valence electrons. The standard InChI is InChI=1S/C27H24ClF4N5O3/c1-40-22-9-8-18(12-20(22)29)37-21-3-2-10-33-24(21)36(26(37)39)14-15-4-6-17(7-5-15)35-25(38)19-11-16(28)13-34-23(19)27(30,31)32/h2-3,8-13,15,17H,4-7,14H2,1H3,(H,35,38). The van der Waals surface area contributed by atoms with E-state index in [9.17, 15) is 27.2 Å². The van der Waals surface area contributed by atoms with Crippen molar-refractivity contribution in [3.05, 3.63) is 81.4 Å². The largest absolute Gasteiger partial charge is 0.494 e. The molecule has 5 rings (SSSR count). The van der Waals surface area contributed by atoms with Gasteiger partial charge < -0.3 is 10.1 Å². The molecule has 0 bridgehead atoms. The molecule has 0 aliphatic heterocycles. The number of carbonyl (C=O) groups excluding carboxylic acids is 1. The highest BCUT2D eigenvalue weighted by molar-refractivity contribution is 6.30. The number of aromatic nitrogens is 4. The van der Waals surface area contributed by atoms with Crippen molar-refractivity contribution in [2.45, 2.75) is 44.4 Å². The molecule has 8 nitrogen and oxygen atoms in total. The molecular formula is C27H24ClF4N5O3. The van der Waals surface area contributed by atoms with Crippen LogP contribution in [0.2, 0.25) is 5.02 Å². The Morgan fingerprint density at radius 1 is 1.15 bits per heavy atom. The number of alkyl halides is 3. The highest BCUT2D eigenvalue weighted by Crippen LogP contribution is 2.32. The van der Waals surface area contributed by atoms with Crippen molar-refractivity contribution in [1.82, 2.24) is 24.4 Å². The molecule has 4 aromatic rings. The lowest BCUT2D eigenvalue weighted by Gasteiger charge is -2.29. The summed E-state index contributed by atoms with van der Waals surface area (Å²) in [6.07, 6.45) is -0.115. The van der Waals surface area contributed by atoms with Crippen molar-refractivity contribution in [2.24, 2.45) is 5.92 Å². The van der Waals surface area contributed by atoms with Gasteiger partial charge in [0, 0.05) is 31.0 Å². The van der Waals surface area contributed by atoms with Crippen LogP contribution < -0.4 is 15.7 Å². The third-order valence-electron chi connectivity index (χ3n) is 7.07. The molecule has 3 aromatic heterocycles. The fourth-order valence-corrected chi connectivity index (χ4v) is 5.30. The first kappa shape index (κ1) is 27.6. The smallest absolute Gasteiger partial charge is 0.434 e. The summed E-state index contributed by atoms with van der Waals surface area (Å²) in [5.74, 6) is -1.38. The van der Waals surface area contributed by atoms with Gasteiger partial charge in [0.25, 0.3) is 5.91 Å². The van der Waals surface area contributed by atoms with Crippen LogP contribution in [0.15, 0.2) is 53.6 Å². The average molecular weight is 578 g/mol. The van der Waals surface area contributed by atoms with Crippen LogP contribution in [-0.4, -0.2) is 38.2 Å². The van der Waals surface area contributed by atoms with Crippen molar-refractivity contribution in [3.63, 3.8) is 0 Å². The first-order valence-electron chi connectivity index (χ1n) is 12.5. The molecule has 1 saturated carbocycles. The molecule has 1 aliphatic rings. The molecule has 0 radical (unpaired) electrons. The number of rotatable bonds is 6. The second-order valence-corrected chi connectivity index (χ2v) is 10.1. The first-order valence-corrected chi connectivity index (χ1v) is 12.9. The topological polar surface area (TPSA) is 91.0 Å². The zero-order valence-electron chi connectivity index (χ0n) is 21.2. The van der Waals surface area contributed by atoms with Crippen molar-refractivity contribution in [2.75, 3.05) is 7.11 Å². The van der Waals surface area contributed by atoms with E-state index in [0.717, 1.165) is 12.3 Å². The number of methoxy groups -OCH3 is 1. The maximum absolute atomic E-state index is 14.4. The summed E-state index contributed by atoms with van der Waals surface area (Å²) in [6, 6.07) is 8.30. The quantitative estimate of drug-likeness (QED) is 0.310. The molecule has 0 spiro atoms. The van der Waals surface area contributed by atoms with Gasteiger partial charge in [0.05, 0.1) is 28.9 Å². The lowest BCUT2D eigenvalue weighted by Crippen LogP contribution is -2.39. The Bertz CT molecular complexity index is 1630. The zero-order chi connectivity index (χ0) is 28.6. The van der Waals surface area contributed by atoms with Gasteiger partial charge in [-0.1, -0.05) is 11.6 Å². The van der Waals surface area contributed by atoms with Gasteiger partial charge in [-0.15, -0.1) is 0 Å². The number of nitrogens with zero attached hydrogens (tertiary/aromatic N) is 4. The molecule has 1 fully saturated rings. The fraction of sp³-hybridized carbons (Fsp3) is 0.333. The number of halogens is 5. The number of ether oxygens (including phenoxy) is 1. The zero-order valence-corrected chi connectivity index (χ0v) is 22.0. The van der Waals surface area contributed by atoms with E-state index >= 15 is 0 Å². The minimum Gasteiger partial charge on any atom is -0.494 e. The van der Waals surface area contributed by atoms with Crippen molar-refractivity contribution in [3.8, 4) is 11.4 Å². The van der Waals surface area contributed by atoms with Crippen LogP contribution in [0.1, 0.15) is 41.7 Å². The summed E-state index contributed by atoms with van der Waals surface area (Å²) < 4.78 is 62.4. The molecule has 0 atom stereocenters. The van der Waals surface area contributed by atoms with Gasteiger partial charge in [-0.05, 0) is 61.9 Å². The van der Waals surface area contributed by atoms with E-state index in [0.29, 0.717) is 49.1 Å². The summed E-state index contributed by atoms with van der Waals surface area (Å²) in [4.78, 5) is 33.9. The summed E-state index contributed by atoms with van der Waals surface area (Å²) >= 11 is 5.80. The molecule has 1 aliphatic carbocycles. The van der Waals surface area contributed by atoms with E-state index in [1.54, 1.807) is 29.0 Å². The molecule has 1 N–H and O–H groups in total. The Labute approximate surface area is 230 Å². The molecular weight excluding hydrogens is 554 g/mol. The Balaban J connectivity index is 1.31. The van der Waals surface area contributed by atoms with Crippen LogP contribution in [0.5, 0.6) is 5.75 Å². The number of carbonyl (C=O) groups is 1. The van der Waals surface area contributed by atoms with Crippen molar-refractivity contribution >= 4 is 28.7 Å². The Kier molecular flexibility index (Phi) is 7.54. The minimum absolute atomic E-state index is 0.0538. The number of nitrogens with one attached hydrogen (secondary N) is 1. The monoisotopic (exact) mass is 577 g/mol. The van der Waals surface area contributed by atoms with E-state index in [-0.39, 0.29) is 28.4 Å². The van der Waals surface area contributed by atoms with Crippen molar-refractivity contribution < 1.29 is 27.1 Å².